The Kier molecular flexibility index (Phi) is 6.54. The highest BCUT2D eigenvalue weighted by molar-refractivity contribution is 5.77. The summed E-state index contributed by atoms with van der Waals surface area (Å²) >= 11 is 0. The molecule has 1 N–H and O–H groups in total. The number of nitrogens with zero attached hydrogens (tertiary/aromatic N) is 7. The second kappa shape index (κ2) is 9.81. The van der Waals surface area contributed by atoms with Crippen molar-refractivity contribution in [2.24, 2.45) is 0 Å². The molecular formula is C24H24F3N7O3. The molecule has 1 aromatic carbocycles. The van der Waals surface area contributed by atoms with E-state index in [2.05, 4.69) is 15.2 Å². The number of hydrogen-bond acceptors (Lipinski definition) is 6. The molecule has 10 nitrogen and oxygen atoms in total. The van der Waals surface area contributed by atoms with E-state index >= 15 is 0 Å². The van der Waals surface area contributed by atoms with Crippen molar-refractivity contribution in [3.05, 3.63) is 71.4 Å². The van der Waals surface area contributed by atoms with Crippen molar-refractivity contribution in [1.29, 1.82) is 0 Å². The summed E-state index contributed by atoms with van der Waals surface area (Å²) in [6.07, 6.45) is 2.63. The summed E-state index contributed by atoms with van der Waals surface area (Å²) in [6, 6.07) is 5.75. The van der Waals surface area contributed by atoms with Gasteiger partial charge in [-0.05, 0) is 43.2 Å². The van der Waals surface area contributed by atoms with Crippen molar-refractivity contribution in [3.8, 4) is 5.69 Å². The van der Waals surface area contributed by atoms with Gasteiger partial charge < -0.3 is 10.0 Å². The van der Waals surface area contributed by atoms with Crippen LogP contribution in [0.5, 0.6) is 0 Å². The van der Waals surface area contributed by atoms with Crippen LogP contribution in [0.15, 0.2) is 60.0 Å². The molecule has 0 unspecified atom stereocenters. The highest BCUT2D eigenvalue weighted by Gasteiger charge is 2.36. The third-order valence-electron chi connectivity index (χ3n) is 6.68. The lowest BCUT2D eigenvalue weighted by Crippen LogP contribution is -2.50. The Balaban J connectivity index is 1.26. The first-order chi connectivity index (χ1) is 17.7. The van der Waals surface area contributed by atoms with E-state index in [1.165, 1.54) is 69.4 Å². The molecule has 4 aromatic rings. The average molecular weight is 515 g/mol. The van der Waals surface area contributed by atoms with Crippen LogP contribution in [0, 0.1) is 5.82 Å². The number of halogens is 3. The van der Waals surface area contributed by atoms with Gasteiger partial charge in [-0.1, -0.05) is 0 Å². The molecule has 1 aliphatic rings. The van der Waals surface area contributed by atoms with Gasteiger partial charge >= 0.3 is 0 Å². The molecule has 0 aliphatic carbocycles. The van der Waals surface area contributed by atoms with Crippen LogP contribution >= 0.6 is 0 Å². The van der Waals surface area contributed by atoms with Gasteiger partial charge in [-0.25, -0.2) is 22.8 Å². The lowest BCUT2D eigenvalue weighted by atomic mass is 9.91. The summed E-state index contributed by atoms with van der Waals surface area (Å²) in [6.45, 7) is 0.278. The van der Waals surface area contributed by atoms with Crippen molar-refractivity contribution in [2.75, 3.05) is 13.1 Å². The summed E-state index contributed by atoms with van der Waals surface area (Å²) < 4.78 is 44.0. The monoisotopic (exact) mass is 515 g/mol. The summed E-state index contributed by atoms with van der Waals surface area (Å²) in [5.74, 6) is -0.848. The van der Waals surface area contributed by atoms with Crippen molar-refractivity contribution >= 4 is 16.9 Å². The molecule has 1 aliphatic heterocycles. The van der Waals surface area contributed by atoms with Crippen molar-refractivity contribution in [3.63, 3.8) is 0 Å². The summed E-state index contributed by atoms with van der Waals surface area (Å²) in [5, 5.41) is 19.4. The van der Waals surface area contributed by atoms with Crippen LogP contribution in [0.2, 0.25) is 0 Å². The number of amides is 1. The number of aliphatic hydroxyl groups is 1. The molecule has 1 atom stereocenters. The number of likely N-dealkylation sites (tertiary alicyclic amines) is 1. The number of rotatable bonds is 7. The lowest BCUT2D eigenvalue weighted by molar-refractivity contribution is -0.138. The molecule has 5 rings (SSSR count). The summed E-state index contributed by atoms with van der Waals surface area (Å²) in [5.41, 5.74) is -0.846. The number of benzene rings is 1. The van der Waals surface area contributed by atoms with E-state index in [1.807, 2.05) is 0 Å². The topological polar surface area (TPSA) is 111 Å². The minimum Gasteiger partial charge on any atom is -0.388 e. The maximum Gasteiger partial charge on any atom is 0.264 e. The smallest absolute Gasteiger partial charge is 0.264 e. The van der Waals surface area contributed by atoms with Crippen LogP contribution in [0.1, 0.15) is 25.3 Å². The van der Waals surface area contributed by atoms with Gasteiger partial charge in [-0.15, -0.1) is 0 Å². The number of carbonyl (C=O) groups excluding carboxylic acids is 1. The molecule has 13 heteroatoms. The van der Waals surface area contributed by atoms with E-state index in [0.717, 1.165) is 4.68 Å². The van der Waals surface area contributed by atoms with E-state index in [4.69, 9.17) is 0 Å². The molecule has 0 saturated carbocycles. The zero-order valence-electron chi connectivity index (χ0n) is 19.6. The van der Waals surface area contributed by atoms with Gasteiger partial charge in [0.2, 0.25) is 5.91 Å². The van der Waals surface area contributed by atoms with Crippen molar-refractivity contribution in [2.45, 2.75) is 43.9 Å². The minimum atomic E-state index is -2.76. The Labute approximate surface area is 208 Å². The Morgan fingerprint density at radius 3 is 2.51 bits per heavy atom. The first-order valence-electron chi connectivity index (χ1n) is 11.7. The maximum atomic E-state index is 13.5. The van der Waals surface area contributed by atoms with Crippen LogP contribution in [-0.4, -0.2) is 70.1 Å². The fraction of sp³-hybridized carbons (Fsp3) is 0.375. The molecule has 194 valence electrons. The van der Waals surface area contributed by atoms with Gasteiger partial charge in [0, 0.05) is 25.5 Å². The van der Waals surface area contributed by atoms with Crippen LogP contribution in [0.4, 0.5) is 13.2 Å². The maximum absolute atomic E-state index is 13.5. The molecule has 1 amide bonds. The first kappa shape index (κ1) is 24.7. The first-order valence-corrected chi connectivity index (χ1v) is 11.7. The lowest BCUT2D eigenvalue weighted by Gasteiger charge is -2.38. The van der Waals surface area contributed by atoms with Gasteiger partial charge in [0.25, 0.3) is 12.0 Å². The van der Waals surface area contributed by atoms with Crippen LogP contribution in [0.25, 0.3) is 16.7 Å². The van der Waals surface area contributed by atoms with E-state index in [-0.39, 0.29) is 37.9 Å². The highest BCUT2D eigenvalue weighted by Crippen LogP contribution is 2.27. The van der Waals surface area contributed by atoms with Gasteiger partial charge in [-0.3, -0.25) is 18.8 Å². The third kappa shape index (κ3) is 4.99. The van der Waals surface area contributed by atoms with Crippen molar-refractivity contribution < 1.29 is 23.1 Å². The normalized spacial score (nSPS) is 16.4. The zero-order valence-corrected chi connectivity index (χ0v) is 19.6. The Morgan fingerprint density at radius 2 is 1.86 bits per heavy atom. The van der Waals surface area contributed by atoms with Gasteiger partial charge in [-0.2, -0.15) is 10.2 Å². The van der Waals surface area contributed by atoms with E-state index in [1.54, 1.807) is 0 Å². The van der Waals surface area contributed by atoms with E-state index in [0.29, 0.717) is 11.3 Å². The summed E-state index contributed by atoms with van der Waals surface area (Å²) in [7, 11) is 0. The molecule has 4 heterocycles. The Hall–Kier alpha value is -4.00. The quantitative estimate of drug-likeness (QED) is 0.404. The molecule has 37 heavy (non-hydrogen) atoms. The molecule has 1 saturated heterocycles. The second-order valence-electron chi connectivity index (χ2n) is 9.14. The van der Waals surface area contributed by atoms with Crippen LogP contribution < -0.4 is 5.56 Å². The number of hydrogen-bond donors (Lipinski definition) is 1. The molecule has 3 aromatic heterocycles. The molecule has 1 fully saturated rings. The molecule has 0 bridgehead atoms. The molecule has 0 spiro atoms. The molecule has 0 radical (unpaired) electrons. The van der Waals surface area contributed by atoms with Gasteiger partial charge in [0.15, 0.2) is 5.65 Å². The second-order valence-corrected chi connectivity index (χ2v) is 9.14. The molecular weight excluding hydrogens is 491 g/mol. The number of fused-ring (bicyclic) bond motifs is 1. The van der Waals surface area contributed by atoms with Gasteiger partial charge in [0.1, 0.15) is 23.6 Å². The largest absolute Gasteiger partial charge is 0.388 e. The van der Waals surface area contributed by atoms with Crippen LogP contribution in [-0.2, 0) is 11.3 Å². The van der Waals surface area contributed by atoms with Crippen LogP contribution in [0.3, 0.4) is 0 Å². The predicted octanol–water partition coefficient (Wildman–Crippen LogP) is 2.17. The fourth-order valence-electron chi connectivity index (χ4n) is 4.56. The Bertz CT molecular complexity index is 1440. The SMILES string of the molecule is O=C(C[C@H](C(F)F)n1cccn1)N1CCC(O)(Cn2cnc3c(cnn3-c3ccc(F)cc3)c2=O)CC1. The van der Waals surface area contributed by atoms with E-state index < -0.39 is 41.8 Å². The average Bonchev–Trinajstić information content (AvgIpc) is 3.56. The van der Waals surface area contributed by atoms with Gasteiger partial charge in [0.05, 0.1) is 30.5 Å². The summed E-state index contributed by atoms with van der Waals surface area (Å²) in [4.78, 5) is 31.5. The number of aromatic nitrogens is 6. The minimum absolute atomic E-state index is 0.0501. The number of piperidine rings is 1. The fourth-order valence-corrected chi connectivity index (χ4v) is 4.56. The zero-order chi connectivity index (χ0) is 26.2. The Morgan fingerprint density at radius 1 is 1.14 bits per heavy atom. The number of carbonyl (C=O) groups is 1. The highest BCUT2D eigenvalue weighted by atomic mass is 19.3. The standard InChI is InChI=1S/C24H24F3N7O3/c25-16-2-4-17(5-3-16)34-22-18(13-30-34)23(36)32(15-28-22)14-24(37)6-10-31(11-7-24)20(35)12-19(21(26)27)33-9-1-8-29-33/h1-5,8-9,13,15,19,21,37H,6-7,10-12,14H2/t19-/m1/s1. The third-order valence-corrected chi connectivity index (χ3v) is 6.68. The van der Waals surface area contributed by atoms with Crippen molar-refractivity contribution in [1.82, 2.24) is 34.0 Å². The van der Waals surface area contributed by atoms with E-state index in [9.17, 15) is 27.9 Å². The predicted molar refractivity (Wildman–Crippen MR) is 126 cm³/mol. The number of alkyl halides is 2.